The number of ketones is 1. The topological polar surface area (TPSA) is 82.9 Å². The lowest BCUT2D eigenvalue weighted by atomic mass is 9.89. The number of likely N-dealkylation sites (tertiary alicyclic amines) is 1. The first-order valence-electron chi connectivity index (χ1n) is 11.5. The van der Waals surface area contributed by atoms with Crippen molar-refractivity contribution in [2.24, 2.45) is 5.92 Å². The number of amides is 2. The third-order valence-electron chi connectivity index (χ3n) is 6.26. The Morgan fingerprint density at radius 3 is 2.38 bits per heavy atom. The quantitative estimate of drug-likeness (QED) is 0.519. The molecule has 2 amide bonds. The fourth-order valence-corrected chi connectivity index (χ4v) is 4.26. The molecule has 1 aliphatic rings. The largest absolute Gasteiger partial charge is 0.467 e. The maximum Gasteiger partial charge on any atom is 0.253 e. The van der Waals surface area contributed by atoms with Gasteiger partial charge < -0.3 is 14.6 Å². The first-order valence-corrected chi connectivity index (χ1v) is 11.5. The summed E-state index contributed by atoms with van der Waals surface area (Å²) in [7, 11) is 1.69. The molecule has 0 atom stereocenters. The smallest absolute Gasteiger partial charge is 0.253 e. The number of Topliss-reactive ketones (excluding diaryl/α,β-unsaturated/α-hetero) is 1. The SMILES string of the molecule is CN(C(=O)CN1CCC(C(=O)c2ccccc2)CC1)c1ccccc1C(=O)NCc1ccco1. The molecule has 3 aromatic rings. The van der Waals surface area contributed by atoms with Crippen LogP contribution in [0.3, 0.4) is 0 Å². The highest BCUT2D eigenvalue weighted by Gasteiger charge is 2.28. The Kier molecular flexibility index (Phi) is 7.54. The van der Waals surface area contributed by atoms with E-state index in [1.807, 2.05) is 36.4 Å². The van der Waals surface area contributed by atoms with Crippen LogP contribution in [-0.2, 0) is 11.3 Å². The van der Waals surface area contributed by atoms with Crippen LogP contribution in [0.2, 0.25) is 0 Å². The van der Waals surface area contributed by atoms with Crippen molar-refractivity contribution in [2.45, 2.75) is 19.4 Å². The Labute approximate surface area is 199 Å². The van der Waals surface area contributed by atoms with E-state index >= 15 is 0 Å². The van der Waals surface area contributed by atoms with E-state index in [0.29, 0.717) is 30.1 Å². The third kappa shape index (κ3) is 5.61. The van der Waals surface area contributed by atoms with Gasteiger partial charge in [-0.1, -0.05) is 42.5 Å². The second-order valence-corrected chi connectivity index (χ2v) is 8.51. The fraction of sp³-hybridized carbons (Fsp3) is 0.296. The second kappa shape index (κ2) is 10.9. The average molecular weight is 460 g/mol. The molecule has 0 aliphatic carbocycles. The van der Waals surface area contributed by atoms with Gasteiger partial charge in [0.25, 0.3) is 5.91 Å². The molecular formula is C27H29N3O4. The Morgan fingerprint density at radius 2 is 1.68 bits per heavy atom. The van der Waals surface area contributed by atoms with Crippen LogP contribution < -0.4 is 10.2 Å². The molecule has 1 fully saturated rings. The summed E-state index contributed by atoms with van der Waals surface area (Å²) in [5.41, 5.74) is 1.73. The van der Waals surface area contributed by atoms with Gasteiger partial charge in [0.05, 0.1) is 30.6 Å². The van der Waals surface area contributed by atoms with Gasteiger partial charge in [-0.25, -0.2) is 0 Å². The number of piperidine rings is 1. The van der Waals surface area contributed by atoms with Crippen molar-refractivity contribution in [1.29, 1.82) is 0 Å². The van der Waals surface area contributed by atoms with E-state index < -0.39 is 0 Å². The van der Waals surface area contributed by atoms with Gasteiger partial charge in [0.15, 0.2) is 5.78 Å². The molecule has 34 heavy (non-hydrogen) atoms. The van der Waals surface area contributed by atoms with Gasteiger partial charge in [-0.3, -0.25) is 19.3 Å². The lowest BCUT2D eigenvalue weighted by Gasteiger charge is -2.32. The number of likely N-dealkylation sites (N-methyl/N-ethyl adjacent to an activating group) is 1. The minimum Gasteiger partial charge on any atom is -0.467 e. The van der Waals surface area contributed by atoms with Crippen molar-refractivity contribution in [3.63, 3.8) is 0 Å². The number of carbonyl (C=O) groups is 3. The highest BCUT2D eigenvalue weighted by Crippen LogP contribution is 2.23. The maximum atomic E-state index is 13.0. The second-order valence-electron chi connectivity index (χ2n) is 8.51. The summed E-state index contributed by atoms with van der Waals surface area (Å²) in [6.07, 6.45) is 3.02. The lowest BCUT2D eigenvalue weighted by molar-refractivity contribution is -0.119. The van der Waals surface area contributed by atoms with E-state index in [4.69, 9.17) is 4.42 Å². The van der Waals surface area contributed by atoms with Crippen LogP contribution in [0.5, 0.6) is 0 Å². The lowest BCUT2D eigenvalue weighted by Crippen LogP contribution is -2.43. The van der Waals surface area contributed by atoms with Gasteiger partial charge in [-0.05, 0) is 50.2 Å². The number of carbonyl (C=O) groups excluding carboxylic acids is 3. The van der Waals surface area contributed by atoms with Gasteiger partial charge in [0, 0.05) is 18.5 Å². The molecular weight excluding hydrogens is 430 g/mol. The molecule has 1 N–H and O–H groups in total. The zero-order valence-electron chi connectivity index (χ0n) is 19.3. The molecule has 2 aromatic carbocycles. The zero-order valence-corrected chi connectivity index (χ0v) is 19.3. The molecule has 1 aliphatic heterocycles. The molecule has 7 nitrogen and oxygen atoms in total. The predicted octanol–water partition coefficient (Wildman–Crippen LogP) is 3.77. The van der Waals surface area contributed by atoms with Crippen LogP contribution >= 0.6 is 0 Å². The van der Waals surface area contributed by atoms with E-state index in [1.54, 1.807) is 43.6 Å². The number of rotatable bonds is 8. The van der Waals surface area contributed by atoms with Crippen LogP contribution in [-0.4, -0.2) is 49.2 Å². The standard InChI is InChI=1S/C27H29N3O4/c1-29(24-12-6-5-11-23(24)27(33)28-18-22-10-7-17-34-22)25(31)19-30-15-13-21(14-16-30)26(32)20-8-3-2-4-9-20/h2-12,17,21H,13-16,18-19H2,1H3,(H,28,33). The van der Waals surface area contributed by atoms with Crippen molar-refractivity contribution in [1.82, 2.24) is 10.2 Å². The summed E-state index contributed by atoms with van der Waals surface area (Å²) in [5.74, 6) is 0.457. The summed E-state index contributed by atoms with van der Waals surface area (Å²) >= 11 is 0. The highest BCUT2D eigenvalue weighted by atomic mass is 16.3. The third-order valence-corrected chi connectivity index (χ3v) is 6.26. The Morgan fingerprint density at radius 1 is 0.971 bits per heavy atom. The molecule has 176 valence electrons. The molecule has 0 radical (unpaired) electrons. The molecule has 1 aromatic heterocycles. The molecule has 0 unspecified atom stereocenters. The summed E-state index contributed by atoms with van der Waals surface area (Å²) in [6, 6.07) is 20.0. The summed E-state index contributed by atoms with van der Waals surface area (Å²) < 4.78 is 5.26. The van der Waals surface area contributed by atoms with Crippen molar-refractivity contribution in [3.05, 3.63) is 89.9 Å². The van der Waals surface area contributed by atoms with Crippen LogP contribution in [0.15, 0.2) is 77.4 Å². The maximum absolute atomic E-state index is 13.0. The number of nitrogens with one attached hydrogen (secondary N) is 1. The van der Waals surface area contributed by atoms with Crippen molar-refractivity contribution < 1.29 is 18.8 Å². The van der Waals surface area contributed by atoms with Crippen molar-refractivity contribution in [3.8, 4) is 0 Å². The number of hydrogen-bond donors (Lipinski definition) is 1. The number of para-hydroxylation sites is 1. The van der Waals surface area contributed by atoms with E-state index in [9.17, 15) is 14.4 Å². The summed E-state index contributed by atoms with van der Waals surface area (Å²) in [4.78, 5) is 42.1. The van der Waals surface area contributed by atoms with E-state index in [-0.39, 0.29) is 36.6 Å². The molecule has 0 spiro atoms. The van der Waals surface area contributed by atoms with Gasteiger partial charge in [-0.15, -0.1) is 0 Å². The van der Waals surface area contributed by atoms with E-state index in [1.165, 1.54) is 4.90 Å². The Hall–Kier alpha value is -3.71. The fourth-order valence-electron chi connectivity index (χ4n) is 4.26. The first-order chi connectivity index (χ1) is 16.5. The van der Waals surface area contributed by atoms with Gasteiger partial charge in [0.1, 0.15) is 5.76 Å². The Balaban J connectivity index is 1.33. The zero-order chi connectivity index (χ0) is 23.9. The van der Waals surface area contributed by atoms with Crippen molar-refractivity contribution >= 4 is 23.3 Å². The Bertz CT molecular complexity index is 1120. The number of hydrogen-bond acceptors (Lipinski definition) is 5. The molecule has 4 rings (SSSR count). The number of furan rings is 1. The predicted molar refractivity (Wildman–Crippen MR) is 130 cm³/mol. The minimum absolute atomic E-state index is 0.00920. The van der Waals surface area contributed by atoms with Gasteiger partial charge >= 0.3 is 0 Å². The van der Waals surface area contributed by atoms with Gasteiger partial charge in [-0.2, -0.15) is 0 Å². The molecule has 2 heterocycles. The van der Waals surface area contributed by atoms with Crippen LogP contribution in [0, 0.1) is 5.92 Å². The number of benzene rings is 2. The van der Waals surface area contributed by atoms with E-state index in [0.717, 1.165) is 18.4 Å². The molecule has 1 saturated heterocycles. The first kappa shape index (κ1) is 23.4. The summed E-state index contributed by atoms with van der Waals surface area (Å²) in [6.45, 7) is 1.89. The van der Waals surface area contributed by atoms with Crippen LogP contribution in [0.25, 0.3) is 0 Å². The van der Waals surface area contributed by atoms with Crippen LogP contribution in [0.4, 0.5) is 5.69 Å². The minimum atomic E-state index is -0.271. The highest BCUT2D eigenvalue weighted by molar-refractivity contribution is 6.05. The molecule has 0 bridgehead atoms. The normalized spacial score (nSPS) is 14.5. The van der Waals surface area contributed by atoms with E-state index in [2.05, 4.69) is 10.2 Å². The number of anilines is 1. The monoisotopic (exact) mass is 459 g/mol. The summed E-state index contributed by atoms with van der Waals surface area (Å²) in [5, 5.41) is 2.83. The molecule has 0 saturated carbocycles. The molecule has 7 heteroatoms. The van der Waals surface area contributed by atoms with Crippen LogP contribution in [0.1, 0.15) is 39.3 Å². The van der Waals surface area contributed by atoms with Gasteiger partial charge in [0.2, 0.25) is 5.91 Å². The average Bonchev–Trinajstić information content (AvgIpc) is 3.41. The van der Waals surface area contributed by atoms with Crippen molar-refractivity contribution in [2.75, 3.05) is 31.6 Å². The number of nitrogens with zero attached hydrogens (tertiary/aromatic N) is 2.